The smallest absolute Gasteiger partial charge is 0.277 e. The molecule has 0 spiro atoms. The van der Waals surface area contributed by atoms with Crippen LogP contribution in [-0.4, -0.2) is 32.3 Å². The molecule has 0 bridgehead atoms. The molecule has 0 fully saturated rings. The number of nitrogens with one attached hydrogen (secondary N) is 2. The minimum atomic E-state index is -0.242. The number of nitrogen functional groups attached to an aromatic ring is 1. The quantitative estimate of drug-likeness (QED) is 0.144. The van der Waals surface area contributed by atoms with Gasteiger partial charge in [-0.05, 0) is 84.3 Å². The number of anilines is 2. The van der Waals surface area contributed by atoms with Crippen LogP contribution in [0.2, 0.25) is 0 Å². The molecule has 0 saturated carbocycles. The Morgan fingerprint density at radius 1 is 1.04 bits per heavy atom. The number of ether oxygens (including phenoxy) is 1. The van der Waals surface area contributed by atoms with Gasteiger partial charge in [0, 0.05) is 17.5 Å². The highest BCUT2D eigenvalue weighted by Crippen LogP contribution is 2.32. The maximum Gasteiger partial charge on any atom is 0.277 e. The fraction of sp³-hybridized carbons (Fsp3) is 0.200. The highest BCUT2D eigenvalue weighted by atomic mass is 32.1. The number of amides is 1. The van der Waals surface area contributed by atoms with E-state index in [2.05, 4.69) is 22.3 Å². The lowest BCUT2D eigenvalue weighted by atomic mass is 10.0. The maximum absolute atomic E-state index is 13.1. The van der Waals surface area contributed by atoms with Gasteiger partial charge in [-0.15, -0.1) is 11.3 Å². The molecule has 0 unspecified atom stereocenters. The van der Waals surface area contributed by atoms with Gasteiger partial charge in [0.05, 0.1) is 29.2 Å². The summed E-state index contributed by atoms with van der Waals surface area (Å²) >= 11 is 1.63. The largest absolute Gasteiger partial charge is 0.493 e. The lowest BCUT2D eigenvalue weighted by molar-refractivity contribution is 0.102. The van der Waals surface area contributed by atoms with Crippen LogP contribution in [0.15, 0.2) is 83.0 Å². The molecule has 0 aliphatic rings. The van der Waals surface area contributed by atoms with Gasteiger partial charge in [0.15, 0.2) is 5.52 Å². The van der Waals surface area contributed by atoms with Crippen molar-refractivity contribution >= 4 is 39.7 Å². The van der Waals surface area contributed by atoms with E-state index in [-0.39, 0.29) is 11.5 Å². The average Bonchev–Trinajstić information content (AvgIpc) is 3.68. The number of carbonyl (C=O) groups is 1. The molecule has 0 atom stereocenters. The van der Waals surface area contributed by atoms with Crippen LogP contribution in [0.1, 0.15) is 47.4 Å². The minimum absolute atomic E-state index is 0.233. The molecular weight excluding hydrogens is 584 g/mol. The second-order valence-corrected chi connectivity index (χ2v) is 11.8. The molecule has 3 heterocycles. The zero-order valence-electron chi connectivity index (χ0n) is 25.4. The van der Waals surface area contributed by atoms with Crippen LogP contribution < -0.4 is 21.3 Å². The van der Waals surface area contributed by atoms with Crippen molar-refractivity contribution in [3.05, 3.63) is 111 Å². The fourth-order valence-electron chi connectivity index (χ4n) is 5.40. The molecule has 3 aromatic heterocycles. The Morgan fingerprint density at radius 3 is 2.58 bits per heavy atom. The second-order valence-electron chi connectivity index (χ2n) is 10.8. The first-order valence-corrected chi connectivity index (χ1v) is 15.8. The monoisotopic (exact) mass is 618 g/mol. The normalized spacial score (nSPS) is 11.2. The molecule has 6 rings (SSSR count). The first-order valence-electron chi connectivity index (χ1n) is 14.9. The summed E-state index contributed by atoms with van der Waals surface area (Å²) in [6.45, 7) is 4.47. The van der Waals surface area contributed by atoms with Crippen molar-refractivity contribution < 1.29 is 9.53 Å². The zero-order chi connectivity index (χ0) is 31.5. The van der Waals surface area contributed by atoms with E-state index in [1.807, 2.05) is 85.1 Å². The number of nitrogens with two attached hydrogens (primary N) is 1. The van der Waals surface area contributed by atoms with Crippen molar-refractivity contribution in [3.8, 4) is 27.6 Å². The van der Waals surface area contributed by atoms with Crippen molar-refractivity contribution in [1.82, 2.24) is 19.7 Å². The summed E-state index contributed by atoms with van der Waals surface area (Å²) in [4.78, 5) is 35.1. The Balaban J connectivity index is 1.24. The first-order chi connectivity index (χ1) is 21.8. The molecule has 6 aromatic rings. The first kappa shape index (κ1) is 29.8. The van der Waals surface area contributed by atoms with Crippen LogP contribution in [0.25, 0.3) is 32.9 Å². The Labute approximate surface area is 264 Å². The van der Waals surface area contributed by atoms with E-state index in [0.717, 1.165) is 40.1 Å². The molecule has 0 aliphatic carbocycles. The third-order valence-corrected chi connectivity index (χ3v) is 8.50. The minimum Gasteiger partial charge on any atom is -0.493 e. The van der Waals surface area contributed by atoms with Gasteiger partial charge < -0.3 is 20.8 Å². The Hall–Kier alpha value is -5.22. The number of aromatic amines is 1. The number of H-pyrrole nitrogens is 1. The van der Waals surface area contributed by atoms with Gasteiger partial charge in [-0.3, -0.25) is 14.3 Å². The fourth-order valence-corrected chi connectivity index (χ4v) is 6.12. The topological polar surface area (TPSA) is 128 Å². The number of thiophene rings is 1. The maximum atomic E-state index is 13.1. The van der Waals surface area contributed by atoms with Crippen molar-refractivity contribution in [2.75, 3.05) is 17.7 Å². The van der Waals surface area contributed by atoms with Crippen molar-refractivity contribution in [1.29, 1.82) is 0 Å². The average molecular weight is 619 g/mol. The van der Waals surface area contributed by atoms with Crippen LogP contribution in [0.3, 0.4) is 0 Å². The summed E-state index contributed by atoms with van der Waals surface area (Å²) in [5.41, 5.74) is 13.2. The molecule has 9 nitrogen and oxygen atoms in total. The predicted molar refractivity (Wildman–Crippen MR) is 181 cm³/mol. The third kappa shape index (κ3) is 6.23. The Bertz CT molecular complexity index is 2050. The number of aryl methyl sites for hydroxylation is 2. The number of hydrogen-bond acceptors (Lipinski definition) is 7. The summed E-state index contributed by atoms with van der Waals surface area (Å²) < 4.78 is 7.52. The number of aromatic nitrogens is 4. The number of nitrogens with zero attached hydrogens (tertiary/aromatic N) is 3. The molecule has 45 heavy (non-hydrogen) atoms. The van der Waals surface area contributed by atoms with Gasteiger partial charge in [-0.2, -0.15) is 5.10 Å². The van der Waals surface area contributed by atoms with E-state index in [9.17, 15) is 9.59 Å². The molecule has 1 amide bonds. The van der Waals surface area contributed by atoms with Gasteiger partial charge in [-0.25, -0.2) is 4.98 Å². The van der Waals surface area contributed by atoms with Crippen LogP contribution in [0.4, 0.5) is 11.4 Å². The number of fused-ring (bicyclic) bond motifs is 1. The van der Waals surface area contributed by atoms with Crippen molar-refractivity contribution in [2.45, 2.75) is 33.1 Å². The van der Waals surface area contributed by atoms with Crippen LogP contribution in [-0.2, 0) is 19.9 Å². The molecular formula is C35H34N6O3S. The number of carbonyl (C=O) groups excluding carboxylic acids is 1. The van der Waals surface area contributed by atoms with Gasteiger partial charge >= 0.3 is 0 Å². The highest BCUT2D eigenvalue weighted by molar-refractivity contribution is 7.13. The SMILES string of the molecule is CCCc1nn(C)c2c(=O)[nH]c(-c3cc(Cc4ccc(C(=O)Nc5cc(-c6cccs6)ccc5N)cc4)ccc3OCC)nc12. The van der Waals surface area contributed by atoms with E-state index in [1.165, 1.54) is 0 Å². The Kier molecular flexibility index (Phi) is 8.48. The predicted octanol–water partition coefficient (Wildman–Crippen LogP) is 6.83. The van der Waals surface area contributed by atoms with E-state index in [4.69, 9.17) is 15.5 Å². The summed E-state index contributed by atoms with van der Waals surface area (Å²) in [5, 5.41) is 9.51. The van der Waals surface area contributed by atoms with Gasteiger partial charge in [0.1, 0.15) is 17.1 Å². The van der Waals surface area contributed by atoms with Crippen LogP contribution in [0, 0.1) is 0 Å². The van der Waals surface area contributed by atoms with E-state index >= 15 is 0 Å². The molecule has 10 heteroatoms. The summed E-state index contributed by atoms with van der Waals surface area (Å²) in [5.74, 6) is 0.847. The number of rotatable bonds is 10. The van der Waals surface area contributed by atoms with E-state index in [1.54, 1.807) is 23.1 Å². The van der Waals surface area contributed by atoms with Crippen molar-refractivity contribution in [2.24, 2.45) is 7.05 Å². The zero-order valence-corrected chi connectivity index (χ0v) is 26.2. The number of benzene rings is 3. The second kappa shape index (κ2) is 12.8. The lowest BCUT2D eigenvalue weighted by Gasteiger charge is -2.13. The van der Waals surface area contributed by atoms with Gasteiger partial charge in [0.2, 0.25) is 0 Å². The van der Waals surface area contributed by atoms with Gasteiger partial charge in [0.25, 0.3) is 11.5 Å². The van der Waals surface area contributed by atoms with Crippen molar-refractivity contribution in [3.63, 3.8) is 0 Å². The standard InChI is InChI=1S/C35H34N6O3S/c1-4-7-27-31-32(41(3)40-27)35(43)39-33(38-31)25-19-22(11-16-29(25)44-5-2)18-21-9-12-23(13-10-21)34(42)37-28-20-24(14-15-26(28)36)30-8-6-17-45-30/h6,8-17,19-20H,4-5,7,18,36H2,1-3H3,(H,37,42)(H,38,39,43). The van der Waals surface area contributed by atoms with Gasteiger partial charge in [-0.1, -0.05) is 43.7 Å². The third-order valence-electron chi connectivity index (χ3n) is 7.58. The lowest BCUT2D eigenvalue weighted by Crippen LogP contribution is -2.13. The van der Waals surface area contributed by atoms with E-state index in [0.29, 0.717) is 58.1 Å². The molecule has 4 N–H and O–H groups in total. The van der Waals surface area contributed by atoms with Crippen LogP contribution in [0.5, 0.6) is 5.75 Å². The van der Waals surface area contributed by atoms with Crippen LogP contribution >= 0.6 is 11.3 Å². The molecule has 228 valence electrons. The van der Waals surface area contributed by atoms with E-state index < -0.39 is 0 Å². The number of hydrogen-bond donors (Lipinski definition) is 3. The highest BCUT2D eigenvalue weighted by Gasteiger charge is 2.18. The molecule has 0 saturated heterocycles. The molecule has 0 radical (unpaired) electrons. The molecule has 3 aromatic carbocycles. The molecule has 0 aliphatic heterocycles. The summed E-state index contributed by atoms with van der Waals surface area (Å²) in [6.07, 6.45) is 2.24. The summed E-state index contributed by atoms with van der Waals surface area (Å²) in [6, 6.07) is 23.1. The summed E-state index contributed by atoms with van der Waals surface area (Å²) in [7, 11) is 1.76. The Morgan fingerprint density at radius 2 is 1.84 bits per heavy atom.